The Morgan fingerprint density at radius 3 is 2.44 bits per heavy atom. The van der Waals surface area contributed by atoms with Crippen LogP contribution in [0.25, 0.3) is 17.1 Å². The van der Waals surface area contributed by atoms with Crippen molar-refractivity contribution in [1.29, 1.82) is 0 Å². The molecule has 2 N–H and O–H groups in total. The molecule has 0 bridgehead atoms. The van der Waals surface area contributed by atoms with Crippen molar-refractivity contribution in [3.8, 4) is 22.8 Å². The van der Waals surface area contributed by atoms with Crippen molar-refractivity contribution in [3.05, 3.63) is 81.3 Å². The molecule has 4 rings (SSSR count). The molecule has 0 radical (unpaired) electrons. The molecule has 1 heterocycles. The highest BCUT2D eigenvalue weighted by Gasteiger charge is 2.21. The zero-order valence-corrected chi connectivity index (χ0v) is 21.8. The molecule has 1 aromatic heterocycles. The van der Waals surface area contributed by atoms with Crippen LogP contribution in [-0.4, -0.2) is 31.5 Å². The Morgan fingerprint density at radius 1 is 1.00 bits per heavy atom. The quantitative estimate of drug-likeness (QED) is 0.280. The monoisotopic (exact) mass is 536 g/mol. The van der Waals surface area contributed by atoms with Crippen molar-refractivity contribution < 1.29 is 9.90 Å². The third-order valence-corrected chi connectivity index (χ3v) is 6.93. The van der Waals surface area contributed by atoms with Gasteiger partial charge in [-0.25, -0.2) is 0 Å². The highest BCUT2D eigenvalue weighted by atomic mass is 79.9. The van der Waals surface area contributed by atoms with Crippen LogP contribution in [0.3, 0.4) is 0 Å². The summed E-state index contributed by atoms with van der Waals surface area (Å²) in [5.41, 5.74) is 6.49. The molecule has 0 atom stereocenters. The van der Waals surface area contributed by atoms with Crippen molar-refractivity contribution in [2.75, 3.05) is 11.1 Å². The summed E-state index contributed by atoms with van der Waals surface area (Å²) in [6.45, 7) is 8.01. The number of carbonyl (C=O) groups excluding carboxylic acids is 1. The number of hydrogen-bond donors (Lipinski definition) is 2. The van der Waals surface area contributed by atoms with Crippen molar-refractivity contribution in [1.82, 2.24) is 14.8 Å². The molecule has 34 heavy (non-hydrogen) atoms. The molecule has 6 nitrogen and oxygen atoms in total. The number of nitrogens with zero attached hydrogens (tertiary/aromatic N) is 3. The third-order valence-electron chi connectivity index (χ3n) is 5.50. The smallest absolute Gasteiger partial charge is 0.234 e. The lowest BCUT2D eigenvalue weighted by Crippen LogP contribution is -2.16. The lowest BCUT2D eigenvalue weighted by Gasteiger charge is -2.15. The highest BCUT2D eigenvalue weighted by molar-refractivity contribution is 9.10. The van der Waals surface area contributed by atoms with Crippen LogP contribution in [0.4, 0.5) is 5.69 Å². The SMILES string of the molecule is Cc1ccc(-n2c(SCC(=O)Nc3c(C)cccc3C)nnc2-c2cc(Br)ccc2O)c(C)c1. The van der Waals surface area contributed by atoms with Crippen LogP contribution in [0.15, 0.2) is 64.2 Å². The maximum atomic E-state index is 12.8. The number of para-hydroxylation sites is 1. The Labute approximate surface area is 211 Å². The first kappa shape index (κ1) is 24.0. The molecule has 0 aliphatic carbocycles. The Balaban J connectivity index is 1.69. The normalized spacial score (nSPS) is 11.0. The van der Waals surface area contributed by atoms with E-state index in [1.165, 1.54) is 11.8 Å². The van der Waals surface area contributed by atoms with Gasteiger partial charge in [0, 0.05) is 10.2 Å². The van der Waals surface area contributed by atoms with Gasteiger partial charge in [-0.05, 0) is 68.7 Å². The highest BCUT2D eigenvalue weighted by Crippen LogP contribution is 2.35. The summed E-state index contributed by atoms with van der Waals surface area (Å²) in [4.78, 5) is 12.8. The van der Waals surface area contributed by atoms with E-state index in [9.17, 15) is 9.90 Å². The summed E-state index contributed by atoms with van der Waals surface area (Å²) in [5, 5.41) is 22.9. The van der Waals surface area contributed by atoms with Gasteiger partial charge < -0.3 is 10.4 Å². The number of phenols is 1. The van der Waals surface area contributed by atoms with Gasteiger partial charge in [-0.1, -0.05) is 63.6 Å². The fourth-order valence-corrected chi connectivity index (χ4v) is 4.92. The van der Waals surface area contributed by atoms with Crippen molar-refractivity contribution in [2.45, 2.75) is 32.9 Å². The van der Waals surface area contributed by atoms with Gasteiger partial charge >= 0.3 is 0 Å². The minimum Gasteiger partial charge on any atom is -0.507 e. The number of thioether (sulfide) groups is 1. The van der Waals surface area contributed by atoms with Crippen molar-refractivity contribution in [2.24, 2.45) is 0 Å². The number of benzene rings is 3. The van der Waals surface area contributed by atoms with Crippen LogP contribution in [0.1, 0.15) is 22.3 Å². The Bertz CT molecular complexity index is 1360. The number of rotatable bonds is 6. The molecule has 0 spiro atoms. The van der Waals surface area contributed by atoms with Crippen LogP contribution in [-0.2, 0) is 4.79 Å². The minimum atomic E-state index is -0.121. The third kappa shape index (κ3) is 5.03. The number of halogens is 1. The summed E-state index contributed by atoms with van der Waals surface area (Å²) in [6, 6.07) is 17.2. The Hall–Kier alpha value is -3.10. The summed E-state index contributed by atoms with van der Waals surface area (Å²) >= 11 is 4.77. The van der Waals surface area contributed by atoms with Crippen LogP contribution in [0, 0.1) is 27.7 Å². The first-order valence-corrected chi connectivity index (χ1v) is 12.5. The van der Waals surface area contributed by atoms with Crippen LogP contribution < -0.4 is 5.32 Å². The number of carbonyl (C=O) groups is 1. The number of hydrogen-bond acceptors (Lipinski definition) is 5. The van der Waals surface area contributed by atoms with Gasteiger partial charge in [0.2, 0.25) is 5.91 Å². The molecular weight excluding hydrogens is 512 g/mol. The van der Waals surface area contributed by atoms with Gasteiger partial charge in [0.05, 0.1) is 17.0 Å². The number of phenolic OH excluding ortho intramolecular Hbond substituents is 1. The van der Waals surface area contributed by atoms with Gasteiger partial charge in [0.25, 0.3) is 0 Å². The van der Waals surface area contributed by atoms with Gasteiger partial charge in [-0.2, -0.15) is 0 Å². The topological polar surface area (TPSA) is 80.0 Å². The Morgan fingerprint density at radius 2 is 1.74 bits per heavy atom. The Kier molecular flexibility index (Phi) is 7.09. The van der Waals surface area contributed by atoms with Crippen LogP contribution in [0.2, 0.25) is 0 Å². The van der Waals surface area contributed by atoms with Gasteiger partial charge in [-0.15, -0.1) is 10.2 Å². The van der Waals surface area contributed by atoms with E-state index in [1.807, 2.05) is 68.7 Å². The number of nitrogens with one attached hydrogen (secondary N) is 1. The molecule has 0 saturated heterocycles. The maximum Gasteiger partial charge on any atom is 0.234 e. The standard InChI is InChI=1S/C26H25BrN4O2S/c1-15-8-10-21(18(4)12-15)31-25(20-13-19(27)9-11-22(20)32)29-30-26(31)34-14-23(33)28-24-16(2)6-5-7-17(24)3/h5-13,32H,14H2,1-4H3,(H,28,33). The molecule has 0 unspecified atom stereocenters. The molecule has 1 amide bonds. The molecule has 0 fully saturated rings. The van der Waals surface area contributed by atoms with E-state index in [1.54, 1.807) is 12.1 Å². The fourth-order valence-electron chi connectivity index (χ4n) is 3.82. The maximum absolute atomic E-state index is 12.8. The minimum absolute atomic E-state index is 0.103. The molecule has 0 aliphatic heterocycles. The molecular formula is C26H25BrN4O2S. The van der Waals surface area contributed by atoms with Gasteiger partial charge in [-0.3, -0.25) is 9.36 Å². The number of amides is 1. The zero-order chi connectivity index (χ0) is 24.4. The summed E-state index contributed by atoms with van der Waals surface area (Å²) in [7, 11) is 0. The summed E-state index contributed by atoms with van der Waals surface area (Å²) in [5.74, 6) is 0.653. The average molecular weight is 537 g/mol. The zero-order valence-electron chi connectivity index (χ0n) is 19.4. The lowest BCUT2D eigenvalue weighted by molar-refractivity contribution is -0.113. The summed E-state index contributed by atoms with van der Waals surface area (Å²) < 4.78 is 2.71. The van der Waals surface area contributed by atoms with E-state index in [0.717, 1.165) is 38.1 Å². The van der Waals surface area contributed by atoms with Crippen molar-refractivity contribution >= 4 is 39.3 Å². The van der Waals surface area contributed by atoms with E-state index in [0.29, 0.717) is 16.5 Å². The molecule has 4 aromatic rings. The van der Waals surface area contributed by atoms with E-state index in [2.05, 4.69) is 37.5 Å². The predicted octanol–water partition coefficient (Wildman–Crippen LogP) is 6.37. The predicted molar refractivity (Wildman–Crippen MR) is 141 cm³/mol. The average Bonchev–Trinajstić information content (AvgIpc) is 3.20. The second kappa shape index (κ2) is 10.0. The largest absolute Gasteiger partial charge is 0.507 e. The van der Waals surface area contributed by atoms with Gasteiger partial charge in [0.1, 0.15) is 5.75 Å². The van der Waals surface area contributed by atoms with E-state index in [4.69, 9.17) is 0 Å². The number of aryl methyl sites for hydroxylation is 4. The van der Waals surface area contributed by atoms with Crippen LogP contribution in [0.5, 0.6) is 5.75 Å². The van der Waals surface area contributed by atoms with Crippen LogP contribution >= 0.6 is 27.7 Å². The molecule has 0 saturated carbocycles. The molecule has 8 heteroatoms. The second-order valence-electron chi connectivity index (χ2n) is 8.20. The number of aromatic nitrogens is 3. The lowest BCUT2D eigenvalue weighted by atomic mass is 10.1. The van der Waals surface area contributed by atoms with E-state index in [-0.39, 0.29) is 17.4 Å². The van der Waals surface area contributed by atoms with E-state index < -0.39 is 0 Å². The molecule has 0 aliphatic rings. The van der Waals surface area contributed by atoms with Gasteiger partial charge in [0.15, 0.2) is 11.0 Å². The molecule has 3 aromatic carbocycles. The number of aromatic hydroxyl groups is 1. The summed E-state index contributed by atoms with van der Waals surface area (Å²) in [6.07, 6.45) is 0. The fraction of sp³-hybridized carbons (Fsp3) is 0.192. The second-order valence-corrected chi connectivity index (χ2v) is 10.1. The number of anilines is 1. The molecule has 174 valence electrons. The van der Waals surface area contributed by atoms with E-state index >= 15 is 0 Å². The first-order valence-electron chi connectivity index (χ1n) is 10.8. The first-order chi connectivity index (χ1) is 16.2. The van der Waals surface area contributed by atoms with Crippen molar-refractivity contribution in [3.63, 3.8) is 0 Å².